The fraction of sp³-hybridized carbons (Fsp3) is 0.364. The third-order valence-corrected chi connectivity index (χ3v) is 2.88. The number of amides is 2. The van der Waals surface area contributed by atoms with Crippen LogP contribution in [0.5, 0.6) is 0 Å². The van der Waals surface area contributed by atoms with Gasteiger partial charge in [0.05, 0.1) is 17.4 Å². The van der Waals surface area contributed by atoms with Gasteiger partial charge in [-0.25, -0.2) is 14.2 Å². The highest BCUT2D eigenvalue weighted by Crippen LogP contribution is 2.27. The number of anilines is 1. The maximum Gasteiger partial charge on any atom is 0.340 e. The molecule has 1 aliphatic rings. The molecule has 1 fully saturated rings. The highest BCUT2D eigenvalue weighted by atomic mass is 35.5. The van der Waals surface area contributed by atoms with Gasteiger partial charge in [-0.1, -0.05) is 11.6 Å². The van der Waals surface area contributed by atoms with Gasteiger partial charge in [-0.15, -0.1) is 0 Å². The van der Waals surface area contributed by atoms with Crippen LogP contribution in [-0.4, -0.2) is 43.5 Å². The number of nitrogens with zero attached hydrogens (tertiary/aromatic N) is 3. The van der Waals surface area contributed by atoms with Crippen molar-refractivity contribution < 1.29 is 13.9 Å². The second-order valence-corrected chi connectivity index (χ2v) is 4.36. The summed E-state index contributed by atoms with van der Waals surface area (Å²) in [5, 5.41) is 3.08. The zero-order chi connectivity index (χ0) is 13.3. The van der Waals surface area contributed by atoms with Crippen LogP contribution in [0.1, 0.15) is 0 Å². The molecule has 2 rings (SSSR count). The van der Waals surface area contributed by atoms with Gasteiger partial charge in [0.15, 0.2) is 0 Å². The zero-order valence-corrected chi connectivity index (χ0v) is 10.8. The molecule has 0 N–H and O–H groups in total. The maximum absolute atomic E-state index is 13.1. The number of hydrogen-bond donors (Lipinski definition) is 0. The van der Waals surface area contributed by atoms with Crippen molar-refractivity contribution in [1.29, 1.82) is 0 Å². The molecular formula is C11H13ClFN3O2. The van der Waals surface area contributed by atoms with E-state index in [0.29, 0.717) is 12.4 Å². The molecule has 2 amide bonds. The van der Waals surface area contributed by atoms with E-state index in [0.717, 1.165) is 0 Å². The molecule has 0 aromatic heterocycles. The molecule has 0 radical (unpaired) electrons. The van der Waals surface area contributed by atoms with Gasteiger partial charge >= 0.3 is 6.03 Å². The predicted molar refractivity (Wildman–Crippen MR) is 65.6 cm³/mol. The van der Waals surface area contributed by atoms with Crippen molar-refractivity contribution in [3.05, 3.63) is 29.0 Å². The van der Waals surface area contributed by atoms with Crippen LogP contribution in [0.15, 0.2) is 18.2 Å². The molecule has 0 unspecified atom stereocenters. The highest BCUT2D eigenvalue weighted by Gasteiger charge is 2.34. The van der Waals surface area contributed by atoms with Crippen LogP contribution < -0.4 is 5.01 Å². The molecule has 7 heteroatoms. The Hall–Kier alpha value is -1.37. The van der Waals surface area contributed by atoms with Crippen molar-refractivity contribution in [1.82, 2.24) is 9.91 Å². The van der Waals surface area contributed by atoms with E-state index < -0.39 is 5.82 Å². The van der Waals surface area contributed by atoms with Crippen LogP contribution >= 0.6 is 11.6 Å². The lowest BCUT2D eigenvalue weighted by molar-refractivity contribution is 0.0632. The number of ether oxygens (including phenoxy) is 1. The molecule has 0 aliphatic carbocycles. The van der Waals surface area contributed by atoms with Gasteiger partial charge < -0.3 is 9.64 Å². The van der Waals surface area contributed by atoms with E-state index in [1.54, 1.807) is 19.2 Å². The summed E-state index contributed by atoms with van der Waals surface area (Å²) in [6.07, 6.45) is 0. The Kier molecular flexibility index (Phi) is 3.70. The third kappa shape index (κ3) is 2.27. The topological polar surface area (TPSA) is 36.0 Å². The van der Waals surface area contributed by atoms with Crippen molar-refractivity contribution in [2.75, 3.05) is 32.6 Å². The fourth-order valence-electron chi connectivity index (χ4n) is 1.79. The first-order valence-electron chi connectivity index (χ1n) is 5.28. The number of hydrazine groups is 1. The Balaban J connectivity index is 2.33. The summed E-state index contributed by atoms with van der Waals surface area (Å²) in [5.41, 5.74) is 0.507. The van der Waals surface area contributed by atoms with E-state index in [1.807, 2.05) is 0 Å². The van der Waals surface area contributed by atoms with Gasteiger partial charge in [0.2, 0.25) is 0 Å². The molecule has 18 heavy (non-hydrogen) atoms. The SMILES string of the molecule is COCN1CN(C)C(=O)N1c1ccc(F)c(Cl)c1. The van der Waals surface area contributed by atoms with Crippen LogP contribution in [-0.2, 0) is 4.74 Å². The van der Waals surface area contributed by atoms with E-state index in [1.165, 1.54) is 28.1 Å². The van der Waals surface area contributed by atoms with Gasteiger partial charge in [0, 0.05) is 14.2 Å². The Morgan fingerprint density at radius 2 is 2.22 bits per heavy atom. The number of hydrogen-bond acceptors (Lipinski definition) is 3. The van der Waals surface area contributed by atoms with Crippen molar-refractivity contribution in [3.63, 3.8) is 0 Å². The summed E-state index contributed by atoms with van der Waals surface area (Å²) in [6, 6.07) is 3.93. The minimum absolute atomic E-state index is 0.0211. The van der Waals surface area contributed by atoms with Crippen LogP contribution in [0.25, 0.3) is 0 Å². The second kappa shape index (κ2) is 5.09. The summed E-state index contributed by atoms with van der Waals surface area (Å²) < 4.78 is 18.1. The van der Waals surface area contributed by atoms with E-state index in [2.05, 4.69) is 0 Å². The van der Waals surface area contributed by atoms with Gasteiger partial charge in [-0.05, 0) is 18.2 Å². The Labute approximate surface area is 109 Å². The van der Waals surface area contributed by atoms with E-state index >= 15 is 0 Å². The fourth-order valence-corrected chi connectivity index (χ4v) is 1.96. The van der Waals surface area contributed by atoms with E-state index in [4.69, 9.17) is 16.3 Å². The monoisotopic (exact) mass is 273 g/mol. The average Bonchev–Trinajstić information content (AvgIpc) is 2.60. The summed E-state index contributed by atoms with van der Waals surface area (Å²) in [6.45, 7) is 0.659. The van der Waals surface area contributed by atoms with E-state index in [9.17, 15) is 9.18 Å². The average molecular weight is 274 g/mol. The molecule has 5 nitrogen and oxygen atoms in total. The number of rotatable bonds is 3. The molecule has 1 aliphatic heterocycles. The van der Waals surface area contributed by atoms with Gasteiger partial charge in [-0.2, -0.15) is 5.01 Å². The minimum atomic E-state index is -0.515. The normalized spacial score (nSPS) is 16.8. The lowest BCUT2D eigenvalue weighted by Crippen LogP contribution is -2.40. The molecule has 1 saturated heterocycles. The standard InChI is InChI=1S/C11H13ClFN3O2/c1-14-6-15(7-18-2)16(11(14)17)8-3-4-10(13)9(12)5-8/h3-5H,6-7H2,1-2H3. The van der Waals surface area contributed by atoms with Crippen LogP contribution in [0.2, 0.25) is 5.02 Å². The largest absolute Gasteiger partial charge is 0.368 e. The van der Waals surface area contributed by atoms with Gasteiger partial charge in [0.1, 0.15) is 12.5 Å². The molecule has 1 heterocycles. The van der Waals surface area contributed by atoms with E-state index in [-0.39, 0.29) is 17.8 Å². The van der Waals surface area contributed by atoms with Crippen LogP contribution in [0, 0.1) is 5.82 Å². The number of carbonyl (C=O) groups excluding carboxylic acids is 1. The van der Waals surface area contributed by atoms with Gasteiger partial charge in [-0.3, -0.25) is 0 Å². The van der Waals surface area contributed by atoms with Crippen molar-refractivity contribution in [2.24, 2.45) is 0 Å². The van der Waals surface area contributed by atoms with Crippen LogP contribution in [0.3, 0.4) is 0 Å². The molecule has 0 atom stereocenters. The number of halogens is 2. The van der Waals surface area contributed by atoms with Crippen LogP contribution in [0.4, 0.5) is 14.9 Å². The quantitative estimate of drug-likeness (QED) is 0.846. The van der Waals surface area contributed by atoms with Gasteiger partial charge in [0.25, 0.3) is 0 Å². The molecule has 1 aromatic carbocycles. The lowest BCUT2D eigenvalue weighted by Gasteiger charge is -2.25. The molecule has 0 bridgehead atoms. The smallest absolute Gasteiger partial charge is 0.340 e. The first-order valence-corrected chi connectivity index (χ1v) is 5.66. The summed E-state index contributed by atoms with van der Waals surface area (Å²) in [5.74, 6) is -0.515. The molecule has 1 aromatic rings. The Bertz CT molecular complexity index is 472. The third-order valence-electron chi connectivity index (χ3n) is 2.59. The number of urea groups is 1. The number of methoxy groups -OCH3 is 1. The molecule has 0 spiro atoms. The Morgan fingerprint density at radius 1 is 1.50 bits per heavy atom. The van der Waals surface area contributed by atoms with Crippen molar-refractivity contribution >= 4 is 23.3 Å². The zero-order valence-electron chi connectivity index (χ0n) is 10.1. The first-order chi connectivity index (χ1) is 8.54. The maximum atomic E-state index is 13.1. The number of carbonyl (C=O) groups is 1. The predicted octanol–water partition coefficient (Wildman–Crippen LogP) is 2.13. The second-order valence-electron chi connectivity index (χ2n) is 3.96. The summed E-state index contributed by atoms with van der Waals surface area (Å²) in [4.78, 5) is 13.5. The minimum Gasteiger partial charge on any atom is -0.368 e. The summed E-state index contributed by atoms with van der Waals surface area (Å²) in [7, 11) is 3.22. The first kappa shape index (κ1) is 13.1. The molecule has 0 saturated carbocycles. The molecular weight excluding hydrogens is 261 g/mol. The lowest BCUT2D eigenvalue weighted by atomic mass is 10.3. The molecule has 98 valence electrons. The van der Waals surface area contributed by atoms with Crippen molar-refractivity contribution in [3.8, 4) is 0 Å². The Morgan fingerprint density at radius 3 is 2.83 bits per heavy atom. The number of benzene rings is 1. The highest BCUT2D eigenvalue weighted by molar-refractivity contribution is 6.31. The summed E-state index contributed by atoms with van der Waals surface area (Å²) >= 11 is 5.72. The van der Waals surface area contributed by atoms with Crippen molar-refractivity contribution in [2.45, 2.75) is 0 Å².